The van der Waals surface area contributed by atoms with Gasteiger partial charge < -0.3 is 13.9 Å². The molecular weight excluding hydrogens is 374 g/mol. The number of fused-ring (bicyclic) bond motifs is 1. The SMILES string of the molecule is CCc1coc(Cn2c(-c3ccc(N4[C@@H](C)CC[C@@H]4C)nc3)nc3ccccc32)n1. The van der Waals surface area contributed by atoms with Crippen LogP contribution < -0.4 is 4.90 Å². The third kappa shape index (κ3) is 3.26. The van der Waals surface area contributed by atoms with Gasteiger partial charge in [-0.05, 0) is 57.4 Å². The van der Waals surface area contributed by atoms with Crippen LogP contribution in [0.1, 0.15) is 45.2 Å². The summed E-state index contributed by atoms with van der Waals surface area (Å²) in [7, 11) is 0. The molecule has 30 heavy (non-hydrogen) atoms. The molecule has 4 heterocycles. The summed E-state index contributed by atoms with van der Waals surface area (Å²) in [6.45, 7) is 7.17. The van der Waals surface area contributed by atoms with E-state index in [1.165, 1.54) is 12.8 Å². The quantitative estimate of drug-likeness (QED) is 0.467. The smallest absolute Gasteiger partial charge is 0.214 e. The summed E-state index contributed by atoms with van der Waals surface area (Å²) in [5.41, 5.74) is 3.99. The number of hydrogen-bond donors (Lipinski definition) is 0. The van der Waals surface area contributed by atoms with Gasteiger partial charge in [-0.1, -0.05) is 19.1 Å². The fraction of sp³-hybridized carbons (Fsp3) is 0.375. The molecule has 1 aliphatic rings. The minimum absolute atomic E-state index is 0.528. The second-order valence-electron chi connectivity index (χ2n) is 8.18. The number of nitrogens with zero attached hydrogens (tertiary/aromatic N) is 5. The van der Waals surface area contributed by atoms with Crippen molar-refractivity contribution in [1.82, 2.24) is 19.5 Å². The van der Waals surface area contributed by atoms with E-state index in [2.05, 4.69) is 53.4 Å². The van der Waals surface area contributed by atoms with E-state index >= 15 is 0 Å². The van der Waals surface area contributed by atoms with Crippen molar-refractivity contribution < 1.29 is 4.42 Å². The van der Waals surface area contributed by atoms with Crippen LogP contribution in [0.15, 0.2) is 53.3 Å². The summed E-state index contributed by atoms with van der Waals surface area (Å²) < 4.78 is 7.86. The van der Waals surface area contributed by atoms with Crippen molar-refractivity contribution >= 4 is 16.9 Å². The lowest BCUT2D eigenvalue weighted by molar-refractivity contribution is 0.482. The van der Waals surface area contributed by atoms with Gasteiger partial charge in [0.2, 0.25) is 5.89 Å². The number of rotatable bonds is 5. The van der Waals surface area contributed by atoms with Crippen molar-refractivity contribution in [1.29, 1.82) is 0 Å². The molecule has 0 unspecified atom stereocenters. The van der Waals surface area contributed by atoms with E-state index in [9.17, 15) is 0 Å². The van der Waals surface area contributed by atoms with Crippen LogP contribution in [0.4, 0.5) is 5.82 Å². The summed E-state index contributed by atoms with van der Waals surface area (Å²) in [6.07, 6.45) is 6.98. The zero-order chi connectivity index (χ0) is 20.7. The van der Waals surface area contributed by atoms with Crippen LogP contribution in [0.25, 0.3) is 22.4 Å². The van der Waals surface area contributed by atoms with Crippen molar-refractivity contribution in [3.8, 4) is 11.4 Å². The van der Waals surface area contributed by atoms with Crippen LogP contribution in [0.3, 0.4) is 0 Å². The number of para-hydroxylation sites is 2. The molecule has 0 aliphatic carbocycles. The second-order valence-corrected chi connectivity index (χ2v) is 8.18. The fourth-order valence-electron chi connectivity index (χ4n) is 4.49. The molecule has 1 aromatic carbocycles. The van der Waals surface area contributed by atoms with Crippen LogP contribution >= 0.6 is 0 Å². The lowest BCUT2D eigenvalue weighted by Crippen LogP contribution is -2.33. The van der Waals surface area contributed by atoms with Gasteiger partial charge in [0.25, 0.3) is 0 Å². The highest BCUT2D eigenvalue weighted by atomic mass is 16.3. The van der Waals surface area contributed by atoms with E-state index < -0.39 is 0 Å². The molecule has 3 aromatic heterocycles. The predicted molar refractivity (Wildman–Crippen MR) is 119 cm³/mol. The zero-order valence-corrected chi connectivity index (χ0v) is 17.7. The van der Waals surface area contributed by atoms with Crippen molar-refractivity contribution in [2.24, 2.45) is 0 Å². The molecule has 0 spiro atoms. The van der Waals surface area contributed by atoms with Gasteiger partial charge in [0.1, 0.15) is 24.5 Å². The average Bonchev–Trinajstić information content (AvgIpc) is 3.46. The minimum Gasteiger partial charge on any atom is -0.447 e. The molecule has 154 valence electrons. The number of anilines is 1. The molecule has 0 radical (unpaired) electrons. The number of hydrogen-bond acceptors (Lipinski definition) is 5. The van der Waals surface area contributed by atoms with Crippen LogP contribution in [-0.2, 0) is 13.0 Å². The molecule has 0 N–H and O–H groups in total. The molecule has 0 saturated carbocycles. The highest BCUT2D eigenvalue weighted by Crippen LogP contribution is 2.31. The van der Waals surface area contributed by atoms with Gasteiger partial charge in [-0.25, -0.2) is 15.0 Å². The average molecular weight is 402 g/mol. The van der Waals surface area contributed by atoms with Gasteiger partial charge in [0.15, 0.2) is 0 Å². The van der Waals surface area contributed by atoms with Crippen LogP contribution in [-0.4, -0.2) is 31.6 Å². The Hall–Kier alpha value is -3.15. The number of pyridine rings is 1. The Balaban J connectivity index is 1.53. The molecular formula is C24H27N5O. The maximum atomic E-state index is 5.70. The Morgan fingerprint density at radius 2 is 1.83 bits per heavy atom. The summed E-state index contributed by atoms with van der Waals surface area (Å²) in [5, 5.41) is 0. The Bertz CT molecular complexity index is 1150. The van der Waals surface area contributed by atoms with Crippen molar-refractivity contribution in [3.63, 3.8) is 0 Å². The van der Waals surface area contributed by atoms with E-state index in [0.29, 0.717) is 24.5 Å². The molecule has 5 rings (SSSR count). The molecule has 6 nitrogen and oxygen atoms in total. The molecule has 1 aliphatic heterocycles. The zero-order valence-electron chi connectivity index (χ0n) is 17.7. The summed E-state index contributed by atoms with van der Waals surface area (Å²) in [6, 6.07) is 13.5. The molecule has 1 fully saturated rings. The van der Waals surface area contributed by atoms with Gasteiger partial charge >= 0.3 is 0 Å². The van der Waals surface area contributed by atoms with Gasteiger partial charge in [-0.15, -0.1) is 0 Å². The second kappa shape index (κ2) is 7.59. The topological polar surface area (TPSA) is 60.0 Å². The monoisotopic (exact) mass is 401 g/mol. The third-order valence-corrected chi connectivity index (χ3v) is 6.13. The van der Waals surface area contributed by atoms with Gasteiger partial charge in [-0.3, -0.25) is 0 Å². The van der Waals surface area contributed by atoms with Crippen LogP contribution in [0, 0.1) is 0 Å². The highest BCUT2D eigenvalue weighted by molar-refractivity contribution is 5.80. The third-order valence-electron chi connectivity index (χ3n) is 6.13. The maximum absolute atomic E-state index is 5.70. The maximum Gasteiger partial charge on any atom is 0.214 e. The largest absolute Gasteiger partial charge is 0.447 e. The van der Waals surface area contributed by atoms with E-state index in [1.807, 2.05) is 24.4 Å². The molecule has 6 heteroatoms. The predicted octanol–water partition coefficient (Wildman–Crippen LogP) is 5.07. The minimum atomic E-state index is 0.528. The fourth-order valence-corrected chi connectivity index (χ4v) is 4.49. The van der Waals surface area contributed by atoms with E-state index in [0.717, 1.165) is 40.4 Å². The van der Waals surface area contributed by atoms with Crippen molar-refractivity contribution in [3.05, 3.63) is 60.4 Å². The lowest BCUT2D eigenvalue weighted by Gasteiger charge is -2.27. The lowest BCUT2D eigenvalue weighted by atomic mass is 10.2. The first-order valence-electron chi connectivity index (χ1n) is 10.8. The molecule has 0 amide bonds. The summed E-state index contributed by atoms with van der Waals surface area (Å²) >= 11 is 0. The Morgan fingerprint density at radius 1 is 1.03 bits per heavy atom. The van der Waals surface area contributed by atoms with Crippen molar-refractivity contribution in [2.75, 3.05) is 4.90 Å². The molecule has 0 bridgehead atoms. The Morgan fingerprint density at radius 3 is 2.53 bits per heavy atom. The molecule has 2 atom stereocenters. The normalized spacial score (nSPS) is 19.1. The Labute approximate surface area is 176 Å². The molecule has 4 aromatic rings. The number of oxazole rings is 1. The summed E-state index contributed by atoms with van der Waals surface area (Å²) in [4.78, 5) is 16.7. The number of benzene rings is 1. The van der Waals surface area contributed by atoms with Crippen LogP contribution in [0.5, 0.6) is 0 Å². The van der Waals surface area contributed by atoms with Crippen LogP contribution in [0.2, 0.25) is 0 Å². The first-order valence-corrected chi connectivity index (χ1v) is 10.8. The number of imidazole rings is 1. The highest BCUT2D eigenvalue weighted by Gasteiger charge is 2.28. The first kappa shape index (κ1) is 18.9. The van der Waals surface area contributed by atoms with E-state index in [1.54, 1.807) is 6.26 Å². The van der Waals surface area contributed by atoms with Gasteiger partial charge in [-0.2, -0.15) is 0 Å². The Kier molecular flexibility index (Phi) is 4.77. The number of aryl methyl sites for hydroxylation is 1. The standard InChI is InChI=1S/C24H27N5O/c1-4-19-15-30-23(26-19)14-28-21-8-6-5-7-20(21)27-24(28)18-11-12-22(25-13-18)29-16(2)9-10-17(29)3/h5-8,11-13,15-17H,4,9-10,14H2,1-3H3/t16-,17-/m0/s1. The van der Waals surface area contributed by atoms with Crippen molar-refractivity contribution in [2.45, 2.75) is 58.7 Å². The molecule has 1 saturated heterocycles. The summed E-state index contributed by atoms with van der Waals surface area (Å²) in [5.74, 6) is 2.62. The number of aromatic nitrogens is 4. The first-order chi connectivity index (χ1) is 14.6. The van der Waals surface area contributed by atoms with E-state index in [4.69, 9.17) is 14.4 Å². The van der Waals surface area contributed by atoms with Gasteiger partial charge in [0, 0.05) is 23.8 Å². The van der Waals surface area contributed by atoms with E-state index in [-0.39, 0.29) is 0 Å². The van der Waals surface area contributed by atoms with Gasteiger partial charge in [0.05, 0.1) is 16.7 Å².